The maximum atomic E-state index is 12.9. The summed E-state index contributed by atoms with van der Waals surface area (Å²) in [6, 6.07) is 14.6. The predicted octanol–water partition coefficient (Wildman–Crippen LogP) is 5.44. The molecule has 0 aliphatic carbocycles. The van der Waals surface area contributed by atoms with Crippen molar-refractivity contribution in [2.45, 2.75) is 26.3 Å². The fraction of sp³-hybridized carbons (Fsp3) is 0.235. The van der Waals surface area contributed by atoms with E-state index in [9.17, 15) is 4.79 Å². The second-order valence-corrected chi connectivity index (χ2v) is 5.74. The largest absolute Gasteiger partial charge is 0.306 e. The van der Waals surface area contributed by atoms with Gasteiger partial charge in [-0.3, -0.25) is 4.79 Å². The highest BCUT2D eigenvalue weighted by Gasteiger charge is 2.23. The number of rotatable bonds is 4. The maximum Gasteiger partial charge on any atom is 0.260 e. The minimum Gasteiger partial charge on any atom is -0.306 e. The second kappa shape index (κ2) is 6.97. The first kappa shape index (κ1) is 15.9. The van der Waals surface area contributed by atoms with Crippen LogP contribution >= 0.6 is 23.2 Å². The molecule has 0 heterocycles. The van der Waals surface area contributed by atoms with E-state index in [1.807, 2.05) is 37.3 Å². The molecule has 0 saturated heterocycles. The summed E-state index contributed by atoms with van der Waals surface area (Å²) in [5.41, 5.74) is 1.33. The molecule has 21 heavy (non-hydrogen) atoms. The van der Waals surface area contributed by atoms with Crippen LogP contribution in [0, 0.1) is 0 Å². The van der Waals surface area contributed by atoms with Crippen LogP contribution in [0.5, 0.6) is 0 Å². The SMILES string of the molecule is CCC(C)N(C(=O)c1ccc(Cl)cc1Cl)c1ccccc1. The summed E-state index contributed by atoms with van der Waals surface area (Å²) >= 11 is 12.1. The lowest BCUT2D eigenvalue weighted by molar-refractivity contribution is 0.0978. The fourth-order valence-corrected chi connectivity index (χ4v) is 2.63. The lowest BCUT2D eigenvalue weighted by Crippen LogP contribution is -2.38. The van der Waals surface area contributed by atoms with Gasteiger partial charge in [0, 0.05) is 16.8 Å². The standard InChI is InChI=1S/C17H17Cl2NO/c1-3-12(2)20(14-7-5-4-6-8-14)17(21)15-10-9-13(18)11-16(15)19/h4-12H,3H2,1-2H3. The zero-order valence-corrected chi connectivity index (χ0v) is 13.5. The first-order valence-electron chi connectivity index (χ1n) is 6.88. The third kappa shape index (κ3) is 3.58. The summed E-state index contributed by atoms with van der Waals surface area (Å²) in [5.74, 6) is -0.114. The molecular weight excluding hydrogens is 305 g/mol. The molecular formula is C17H17Cl2NO. The van der Waals surface area contributed by atoms with E-state index < -0.39 is 0 Å². The molecule has 0 aliphatic rings. The van der Waals surface area contributed by atoms with Gasteiger partial charge in [0.05, 0.1) is 10.6 Å². The molecule has 0 aliphatic heterocycles. The van der Waals surface area contributed by atoms with Crippen LogP contribution in [0.4, 0.5) is 5.69 Å². The van der Waals surface area contributed by atoms with Crippen molar-refractivity contribution in [2.24, 2.45) is 0 Å². The highest BCUT2D eigenvalue weighted by Crippen LogP contribution is 2.26. The highest BCUT2D eigenvalue weighted by molar-refractivity contribution is 6.37. The normalized spacial score (nSPS) is 12.0. The third-order valence-corrected chi connectivity index (χ3v) is 3.99. The Morgan fingerprint density at radius 1 is 1.14 bits per heavy atom. The predicted molar refractivity (Wildman–Crippen MR) is 89.5 cm³/mol. The van der Waals surface area contributed by atoms with Crippen molar-refractivity contribution in [1.82, 2.24) is 0 Å². The number of carbonyl (C=O) groups is 1. The van der Waals surface area contributed by atoms with E-state index in [4.69, 9.17) is 23.2 Å². The number of anilines is 1. The third-order valence-electron chi connectivity index (χ3n) is 3.45. The minimum absolute atomic E-state index is 0.0756. The van der Waals surface area contributed by atoms with Crippen molar-refractivity contribution >= 4 is 34.8 Å². The first-order valence-corrected chi connectivity index (χ1v) is 7.63. The minimum atomic E-state index is -0.114. The maximum absolute atomic E-state index is 12.9. The van der Waals surface area contributed by atoms with Gasteiger partial charge in [-0.25, -0.2) is 0 Å². The summed E-state index contributed by atoms with van der Waals surface area (Å²) in [6.45, 7) is 4.08. The molecule has 1 atom stereocenters. The van der Waals surface area contributed by atoms with Gasteiger partial charge in [-0.05, 0) is 43.7 Å². The van der Waals surface area contributed by atoms with Gasteiger partial charge in [0.15, 0.2) is 0 Å². The Balaban J connectivity index is 2.44. The summed E-state index contributed by atoms with van der Waals surface area (Å²) in [7, 11) is 0. The second-order valence-electron chi connectivity index (χ2n) is 4.89. The lowest BCUT2D eigenvalue weighted by atomic mass is 10.1. The van der Waals surface area contributed by atoms with E-state index >= 15 is 0 Å². The van der Waals surface area contributed by atoms with Crippen LogP contribution < -0.4 is 4.90 Å². The zero-order chi connectivity index (χ0) is 15.4. The molecule has 0 bridgehead atoms. The molecule has 0 spiro atoms. The molecule has 0 N–H and O–H groups in total. The van der Waals surface area contributed by atoms with E-state index in [0.29, 0.717) is 15.6 Å². The van der Waals surface area contributed by atoms with Crippen molar-refractivity contribution in [1.29, 1.82) is 0 Å². The summed E-state index contributed by atoms with van der Waals surface area (Å²) in [6.07, 6.45) is 0.853. The van der Waals surface area contributed by atoms with Gasteiger partial charge in [-0.2, -0.15) is 0 Å². The topological polar surface area (TPSA) is 20.3 Å². The van der Waals surface area contributed by atoms with Gasteiger partial charge in [-0.15, -0.1) is 0 Å². The van der Waals surface area contributed by atoms with Crippen LogP contribution in [0.2, 0.25) is 10.0 Å². The molecule has 2 aromatic rings. The summed E-state index contributed by atoms with van der Waals surface area (Å²) in [4.78, 5) is 14.6. The number of para-hydroxylation sites is 1. The van der Waals surface area contributed by atoms with Crippen molar-refractivity contribution in [3.05, 3.63) is 64.1 Å². The fourth-order valence-electron chi connectivity index (χ4n) is 2.14. The highest BCUT2D eigenvalue weighted by atomic mass is 35.5. The molecule has 2 aromatic carbocycles. The Labute approximate surface area is 135 Å². The van der Waals surface area contributed by atoms with Crippen LogP contribution in [0.25, 0.3) is 0 Å². The number of hydrogen-bond acceptors (Lipinski definition) is 1. The quantitative estimate of drug-likeness (QED) is 0.734. The van der Waals surface area contributed by atoms with E-state index in [0.717, 1.165) is 12.1 Å². The number of benzene rings is 2. The van der Waals surface area contributed by atoms with Crippen molar-refractivity contribution < 1.29 is 4.79 Å². The Bertz CT molecular complexity index is 628. The van der Waals surface area contributed by atoms with E-state index in [-0.39, 0.29) is 11.9 Å². The Hall–Kier alpha value is -1.51. The number of amides is 1. The molecule has 0 saturated carbocycles. The van der Waals surface area contributed by atoms with Crippen LogP contribution in [0.3, 0.4) is 0 Å². The summed E-state index contributed by atoms with van der Waals surface area (Å²) < 4.78 is 0. The first-order chi connectivity index (χ1) is 10.0. The van der Waals surface area contributed by atoms with Crippen molar-refractivity contribution in [3.8, 4) is 0 Å². The van der Waals surface area contributed by atoms with Crippen molar-refractivity contribution in [2.75, 3.05) is 4.90 Å². The molecule has 1 amide bonds. The Morgan fingerprint density at radius 3 is 2.38 bits per heavy atom. The number of nitrogens with zero attached hydrogens (tertiary/aromatic N) is 1. The van der Waals surface area contributed by atoms with Gasteiger partial charge in [-0.1, -0.05) is 48.3 Å². The average Bonchev–Trinajstić information content (AvgIpc) is 2.48. The van der Waals surface area contributed by atoms with Crippen LogP contribution in [0.15, 0.2) is 48.5 Å². The van der Waals surface area contributed by atoms with E-state index in [1.165, 1.54) is 0 Å². The Morgan fingerprint density at radius 2 is 1.81 bits per heavy atom. The average molecular weight is 322 g/mol. The molecule has 110 valence electrons. The number of carbonyl (C=O) groups excluding carboxylic acids is 1. The number of halogens is 2. The van der Waals surface area contributed by atoms with Gasteiger partial charge in [0.25, 0.3) is 5.91 Å². The van der Waals surface area contributed by atoms with Gasteiger partial charge < -0.3 is 4.90 Å². The molecule has 1 unspecified atom stereocenters. The van der Waals surface area contributed by atoms with Gasteiger partial charge in [0.2, 0.25) is 0 Å². The zero-order valence-electron chi connectivity index (χ0n) is 12.0. The van der Waals surface area contributed by atoms with Crippen molar-refractivity contribution in [3.63, 3.8) is 0 Å². The van der Waals surface area contributed by atoms with Gasteiger partial charge in [0.1, 0.15) is 0 Å². The molecule has 0 radical (unpaired) electrons. The smallest absolute Gasteiger partial charge is 0.260 e. The molecule has 0 fully saturated rings. The molecule has 4 heteroatoms. The van der Waals surface area contributed by atoms with Crippen LogP contribution in [0.1, 0.15) is 30.6 Å². The van der Waals surface area contributed by atoms with E-state index in [1.54, 1.807) is 23.1 Å². The van der Waals surface area contributed by atoms with E-state index in [2.05, 4.69) is 6.92 Å². The molecule has 2 rings (SSSR count). The summed E-state index contributed by atoms with van der Waals surface area (Å²) in [5, 5.41) is 0.892. The molecule has 0 aromatic heterocycles. The monoisotopic (exact) mass is 321 g/mol. The molecule has 2 nitrogen and oxygen atoms in total. The lowest BCUT2D eigenvalue weighted by Gasteiger charge is -2.29. The van der Waals surface area contributed by atoms with Crippen LogP contribution in [-0.4, -0.2) is 11.9 Å². The number of hydrogen-bond donors (Lipinski definition) is 0. The van der Waals surface area contributed by atoms with Gasteiger partial charge >= 0.3 is 0 Å². The Kier molecular flexibility index (Phi) is 5.27. The van der Waals surface area contributed by atoms with Crippen LogP contribution in [-0.2, 0) is 0 Å².